The van der Waals surface area contributed by atoms with Crippen molar-refractivity contribution in [2.75, 3.05) is 13.1 Å². The molecule has 0 aromatic heterocycles. The van der Waals surface area contributed by atoms with Crippen LogP contribution in [0.25, 0.3) is 0 Å². The van der Waals surface area contributed by atoms with Crippen molar-refractivity contribution in [3.05, 3.63) is 0 Å². The zero-order valence-electron chi connectivity index (χ0n) is 7.42. The first-order valence-electron chi connectivity index (χ1n) is 4.38. The molecule has 1 aliphatic heterocycles. The molecule has 1 heterocycles. The molecule has 1 saturated heterocycles. The van der Waals surface area contributed by atoms with E-state index in [0.717, 1.165) is 19.4 Å². The van der Waals surface area contributed by atoms with Gasteiger partial charge in [-0.2, -0.15) is 5.26 Å². The van der Waals surface area contributed by atoms with Crippen LogP contribution in [0, 0.1) is 17.2 Å². The smallest absolute Gasteiger partial charge is 0.223 e. The summed E-state index contributed by atoms with van der Waals surface area (Å²) in [6, 6.07) is 2.02. The molecule has 66 valence electrons. The number of nitrogens with zero attached hydrogens (tertiary/aromatic N) is 2. The van der Waals surface area contributed by atoms with Gasteiger partial charge in [-0.15, -0.1) is 0 Å². The maximum atomic E-state index is 11.3. The Labute approximate surface area is 73.0 Å². The van der Waals surface area contributed by atoms with E-state index in [1.54, 1.807) is 4.90 Å². The molecule has 0 bridgehead atoms. The van der Waals surface area contributed by atoms with Crippen molar-refractivity contribution >= 4 is 5.91 Å². The third-order valence-corrected chi connectivity index (χ3v) is 2.36. The Kier molecular flexibility index (Phi) is 3.09. The second-order valence-electron chi connectivity index (χ2n) is 3.41. The number of amides is 1. The standard InChI is InChI=1S/C9H14N2O/c1-8-2-3-9(12)11(6-4-8)7-5-10/h8H,2-4,6-7H2,1H3. The summed E-state index contributed by atoms with van der Waals surface area (Å²) in [6.45, 7) is 3.17. The minimum Gasteiger partial charge on any atom is -0.329 e. The Morgan fingerprint density at radius 1 is 1.67 bits per heavy atom. The third-order valence-electron chi connectivity index (χ3n) is 2.36. The normalized spacial score (nSPS) is 24.8. The molecule has 1 atom stereocenters. The van der Waals surface area contributed by atoms with Crippen LogP contribution in [0.3, 0.4) is 0 Å². The van der Waals surface area contributed by atoms with Crippen LogP contribution < -0.4 is 0 Å². The average molecular weight is 166 g/mol. The van der Waals surface area contributed by atoms with E-state index in [2.05, 4.69) is 6.92 Å². The molecular formula is C9H14N2O. The maximum absolute atomic E-state index is 11.3. The van der Waals surface area contributed by atoms with E-state index in [4.69, 9.17) is 5.26 Å². The quantitative estimate of drug-likeness (QED) is 0.548. The van der Waals surface area contributed by atoms with E-state index in [0.29, 0.717) is 12.3 Å². The van der Waals surface area contributed by atoms with Crippen molar-refractivity contribution in [3.8, 4) is 6.07 Å². The van der Waals surface area contributed by atoms with Crippen LogP contribution in [0.2, 0.25) is 0 Å². The Balaban J connectivity index is 2.51. The molecule has 1 amide bonds. The van der Waals surface area contributed by atoms with Crippen LogP contribution in [0.5, 0.6) is 0 Å². The monoisotopic (exact) mass is 166 g/mol. The first-order valence-corrected chi connectivity index (χ1v) is 4.38. The highest BCUT2D eigenvalue weighted by Crippen LogP contribution is 2.16. The minimum absolute atomic E-state index is 0.140. The Morgan fingerprint density at radius 2 is 2.42 bits per heavy atom. The topological polar surface area (TPSA) is 44.1 Å². The van der Waals surface area contributed by atoms with E-state index in [1.165, 1.54) is 0 Å². The van der Waals surface area contributed by atoms with Gasteiger partial charge in [-0.1, -0.05) is 6.92 Å². The fraction of sp³-hybridized carbons (Fsp3) is 0.778. The zero-order chi connectivity index (χ0) is 8.97. The lowest BCUT2D eigenvalue weighted by Gasteiger charge is -2.15. The predicted octanol–water partition coefficient (Wildman–Crippen LogP) is 1.16. The molecular weight excluding hydrogens is 152 g/mol. The number of carbonyl (C=O) groups excluding carboxylic acids is 1. The third kappa shape index (κ3) is 2.23. The maximum Gasteiger partial charge on any atom is 0.223 e. The molecule has 1 aliphatic rings. The van der Waals surface area contributed by atoms with E-state index in [9.17, 15) is 4.79 Å². The van der Waals surface area contributed by atoms with Gasteiger partial charge in [0.15, 0.2) is 0 Å². The molecule has 1 fully saturated rings. The molecule has 3 nitrogen and oxygen atoms in total. The minimum atomic E-state index is 0.140. The molecule has 3 heteroatoms. The summed E-state index contributed by atoms with van der Waals surface area (Å²) in [5, 5.41) is 8.45. The molecule has 0 aromatic rings. The van der Waals surface area contributed by atoms with Crippen LogP contribution in [0.1, 0.15) is 26.2 Å². The molecule has 1 unspecified atom stereocenters. The molecule has 0 N–H and O–H groups in total. The number of hydrogen-bond donors (Lipinski definition) is 0. The number of nitriles is 1. The number of rotatable bonds is 1. The van der Waals surface area contributed by atoms with Crippen LogP contribution >= 0.6 is 0 Å². The molecule has 0 aromatic carbocycles. The summed E-state index contributed by atoms with van der Waals surface area (Å²) < 4.78 is 0. The van der Waals surface area contributed by atoms with Crippen molar-refractivity contribution in [1.29, 1.82) is 5.26 Å². The highest BCUT2D eigenvalue weighted by atomic mass is 16.2. The van der Waals surface area contributed by atoms with Crippen LogP contribution in [0.15, 0.2) is 0 Å². The number of carbonyl (C=O) groups is 1. The van der Waals surface area contributed by atoms with Crippen LogP contribution in [0.4, 0.5) is 0 Å². The van der Waals surface area contributed by atoms with Gasteiger partial charge in [0.2, 0.25) is 5.91 Å². The predicted molar refractivity (Wildman–Crippen MR) is 45.2 cm³/mol. The number of likely N-dealkylation sites (tertiary alicyclic amines) is 1. The van der Waals surface area contributed by atoms with Gasteiger partial charge in [0.25, 0.3) is 0 Å². The molecule has 0 spiro atoms. The molecule has 0 saturated carbocycles. The van der Waals surface area contributed by atoms with Gasteiger partial charge in [0.05, 0.1) is 6.07 Å². The lowest BCUT2D eigenvalue weighted by atomic mass is 10.0. The summed E-state index contributed by atoms with van der Waals surface area (Å²) in [5.41, 5.74) is 0. The highest BCUT2D eigenvalue weighted by Gasteiger charge is 2.19. The highest BCUT2D eigenvalue weighted by molar-refractivity contribution is 5.76. The second kappa shape index (κ2) is 4.10. The van der Waals surface area contributed by atoms with Crippen molar-refractivity contribution in [2.45, 2.75) is 26.2 Å². The van der Waals surface area contributed by atoms with Crippen LogP contribution in [-0.4, -0.2) is 23.9 Å². The van der Waals surface area contributed by atoms with E-state index in [1.807, 2.05) is 6.07 Å². The largest absolute Gasteiger partial charge is 0.329 e. The summed E-state index contributed by atoms with van der Waals surface area (Å²) in [4.78, 5) is 13.0. The Bertz CT molecular complexity index is 207. The Morgan fingerprint density at radius 3 is 3.08 bits per heavy atom. The SMILES string of the molecule is CC1CCC(=O)N(CC#N)CC1. The summed E-state index contributed by atoms with van der Waals surface area (Å²) >= 11 is 0. The van der Waals surface area contributed by atoms with Gasteiger partial charge in [0, 0.05) is 13.0 Å². The fourth-order valence-electron chi connectivity index (χ4n) is 1.43. The van der Waals surface area contributed by atoms with E-state index in [-0.39, 0.29) is 12.5 Å². The van der Waals surface area contributed by atoms with Gasteiger partial charge in [-0.3, -0.25) is 4.79 Å². The summed E-state index contributed by atoms with van der Waals surface area (Å²) in [6.07, 6.45) is 2.62. The lowest BCUT2D eigenvalue weighted by molar-refractivity contribution is -0.130. The van der Waals surface area contributed by atoms with E-state index < -0.39 is 0 Å². The lowest BCUT2D eigenvalue weighted by Crippen LogP contribution is -2.30. The van der Waals surface area contributed by atoms with Gasteiger partial charge in [-0.05, 0) is 18.8 Å². The van der Waals surface area contributed by atoms with Gasteiger partial charge >= 0.3 is 0 Å². The van der Waals surface area contributed by atoms with Crippen molar-refractivity contribution in [2.24, 2.45) is 5.92 Å². The molecule has 12 heavy (non-hydrogen) atoms. The van der Waals surface area contributed by atoms with Gasteiger partial charge < -0.3 is 4.90 Å². The zero-order valence-corrected chi connectivity index (χ0v) is 7.42. The first-order chi connectivity index (χ1) is 5.74. The van der Waals surface area contributed by atoms with Gasteiger partial charge in [-0.25, -0.2) is 0 Å². The molecule has 1 rings (SSSR count). The molecule has 0 radical (unpaired) electrons. The average Bonchev–Trinajstić information content (AvgIpc) is 2.20. The van der Waals surface area contributed by atoms with Crippen molar-refractivity contribution < 1.29 is 4.79 Å². The fourth-order valence-corrected chi connectivity index (χ4v) is 1.43. The second-order valence-corrected chi connectivity index (χ2v) is 3.41. The van der Waals surface area contributed by atoms with Crippen molar-refractivity contribution in [1.82, 2.24) is 4.90 Å². The van der Waals surface area contributed by atoms with Gasteiger partial charge in [0.1, 0.15) is 6.54 Å². The summed E-state index contributed by atoms with van der Waals surface area (Å²) in [7, 11) is 0. The van der Waals surface area contributed by atoms with Crippen LogP contribution in [-0.2, 0) is 4.79 Å². The molecule has 0 aliphatic carbocycles. The summed E-state index contributed by atoms with van der Waals surface area (Å²) in [5.74, 6) is 0.763. The van der Waals surface area contributed by atoms with Crippen molar-refractivity contribution in [3.63, 3.8) is 0 Å². The Hall–Kier alpha value is -1.04. The first kappa shape index (κ1) is 9.05. The number of hydrogen-bond acceptors (Lipinski definition) is 2. The van der Waals surface area contributed by atoms with E-state index >= 15 is 0 Å².